The van der Waals surface area contributed by atoms with E-state index in [0.29, 0.717) is 44.6 Å². The minimum atomic E-state index is -1.23. The first-order valence-corrected chi connectivity index (χ1v) is 14.6. The summed E-state index contributed by atoms with van der Waals surface area (Å²) < 4.78 is 26.6. The quantitative estimate of drug-likeness (QED) is 0.229. The van der Waals surface area contributed by atoms with Crippen molar-refractivity contribution in [1.82, 2.24) is 30.0 Å². The molecule has 1 aliphatic heterocycles. The highest BCUT2D eigenvalue weighted by Crippen LogP contribution is 2.28. The van der Waals surface area contributed by atoms with Gasteiger partial charge in [-0.1, -0.05) is 69.0 Å². The number of aliphatic hydroxyl groups is 2. The van der Waals surface area contributed by atoms with Crippen LogP contribution in [0.25, 0.3) is 0 Å². The normalized spacial score (nSPS) is 22.3. The van der Waals surface area contributed by atoms with Gasteiger partial charge in [0.05, 0.1) is 45.3 Å². The van der Waals surface area contributed by atoms with Crippen LogP contribution in [0.5, 0.6) is 0 Å². The van der Waals surface area contributed by atoms with Crippen molar-refractivity contribution in [2.45, 2.75) is 57.0 Å². The largest absolute Gasteiger partial charge is 0.394 e. The minimum Gasteiger partial charge on any atom is -0.394 e. The van der Waals surface area contributed by atoms with Crippen LogP contribution in [0.15, 0.2) is 48.8 Å². The van der Waals surface area contributed by atoms with Crippen molar-refractivity contribution in [3.05, 3.63) is 91.4 Å². The lowest BCUT2D eigenvalue weighted by Crippen LogP contribution is -2.60. The third kappa shape index (κ3) is 8.03. The fraction of sp³-hybridized carbons (Fsp3) is 0.407. The molecule has 1 aliphatic rings. The molecule has 0 amide bonds. The maximum Gasteiger partial charge on any atom is 0.186 e. The number of benzene rings is 2. The number of nitrogens with zero attached hydrogens (tertiary/aromatic N) is 6. The molecule has 3 heterocycles. The monoisotopic (exact) mass is 672 g/mol. The second-order valence-corrected chi connectivity index (χ2v) is 11.5. The molecule has 0 spiro atoms. The fourth-order valence-corrected chi connectivity index (χ4v) is 5.51. The summed E-state index contributed by atoms with van der Waals surface area (Å²) in [7, 11) is 1.43. The zero-order valence-electron chi connectivity index (χ0n) is 22.8. The van der Waals surface area contributed by atoms with E-state index in [0.717, 1.165) is 11.1 Å². The summed E-state index contributed by atoms with van der Waals surface area (Å²) in [5.41, 5.74) is 2.66. The molecular formula is C27H28Cl4N6O6. The van der Waals surface area contributed by atoms with Crippen molar-refractivity contribution in [3.63, 3.8) is 0 Å². The van der Waals surface area contributed by atoms with Gasteiger partial charge < -0.3 is 29.2 Å². The standard InChI is InChI=1S/C27H28Cl4N6O6/c1-40-27-26(42-14-20-11-37(35-33-20)9-16-3-5-18(29)7-22(16)31)25(24(39)23(12-38)43-27)41-13-19-10-36(34-32-19)8-15-2-4-17(28)6-21(15)30/h2-7,10-11,23-27,38-39H,8-9,12-14H2,1H3. The van der Waals surface area contributed by atoms with Crippen LogP contribution in [-0.4, -0.2) is 84.6 Å². The minimum absolute atomic E-state index is 0.0106. The van der Waals surface area contributed by atoms with Crippen LogP contribution >= 0.6 is 46.4 Å². The molecule has 1 fully saturated rings. The number of halogens is 4. The molecule has 12 nitrogen and oxygen atoms in total. The second-order valence-electron chi connectivity index (χ2n) is 9.79. The van der Waals surface area contributed by atoms with Gasteiger partial charge in [-0.2, -0.15) is 0 Å². The van der Waals surface area contributed by atoms with E-state index in [2.05, 4.69) is 20.6 Å². The molecule has 2 aromatic heterocycles. The third-order valence-electron chi connectivity index (χ3n) is 6.75. The number of ether oxygens (including phenoxy) is 4. The Labute approximate surface area is 266 Å². The predicted octanol–water partition coefficient (Wildman–Crippen LogP) is 3.77. The molecule has 1 saturated heterocycles. The Balaban J connectivity index is 1.24. The summed E-state index contributed by atoms with van der Waals surface area (Å²) in [5.74, 6) is 0. The van der Waals surface area contributed by atoms with Crippen LogP contribution in [0, 0.1) is 0 Å². The van der Waals surface area contributed by atoms with Gasteiger partial charge in [-0.15, -0.1) is 10.2 Å². The van der Waals surface area contributed by atoms with E-state index in [-0.39, 0.29) is 13.2 Å². The van der Waals surface area contributed by atoms with Crippen LogP contribution < -0.4 is 0 Å². The summed E-state index contributed by atoms with van der Waals surface area (Å²) in [6.45, 7) is 0.300. The Morgan fingerprint density at radius 2 is 1.33 bits per heavy atom. The topological polar surface area (TPSA) is 139 Å². The van der Waals surface area contributed by atoms with E-state index in [1.165, 1.54) is 7.11 Å². The number of aliphatic hydroxyl groups excluding tert-OH is 2. The molecular weight excluding hydrogens is 646 g/mol. The van der Waals surface area contributed by atoms with Gasteiger partial charge in [-0.25, -0.2) is 9.36 Å². The highest BCUT2D eigenvalue weighted by molar-refractivity contribution is 6.35. The Kier molecular flexibility index (Phi) is 10.9. The maximum atomic E-state index is 11.0. The highest BCUT2D eigenvalue weighted by atomic mass is 35.5. The maximum absolute atomic E-state index is 11.0. The molecule has 4 aromatic rings. The smallest absolute Gasteiger partial charge is 0.186 e. The lowest BCUT2D eigenvalue weighted by molar-refractivity contribution is -0.314. The van der Waals surface area contributed by atoms with E-state index in [1.807, 2.05) is 12.1 Å². The van der Waals surface area contributed by atoms with Crippen molar-refractivity contribution in [1.29, 1.82) is 0 Å². The van der Waals surface area contributed by atoms with Gasteiger partial charge in [-0.3, -0.25) is 0 Å². The summed E-state index contributed by atoms with van der Waals surface area (Å²) in [6, 6.07) is 10.4. The van der Waals surface area contributed by atoms with Crippen molar-refractivity contribution < 1.29 is 29.2 Å². The molecule has 16 heteroatoms. The number of hydrogen-bond donors (Lipinski definition) is 2. The van der Waals surface area contributed by atoms with Crippen LogP contribution in [0.4, 0.5) is 0 Å². The SMILES string of the molecule is COC1OC(CO)C(O)C(OCc2cn(Cc3ccc(Cl)cc3Cl)nn2)C1OCc1cn(Cc2ccc(Cl)cc2Cl)nn1. The summed E-state index contributed by atoms with van der Waals surface area (Å²) in [4.78, 5) is 0. The Bertz CT molecular complexity index is 1520. The number of aromatic nitrogens is 6. The molecule has 5 unspecified atom stereocenters. The van der Waals surface area contributed by atoms with Crippen LogP contribution in [0.3, 0.4) is 0 Å². The zero-order chi connectivity index (χ0) is 30.5. The van der Waals surface area contributed by atoms with Crippen LogP contribution in [-0.2, 0) is 45.3 Å². The first kappa shape index (κ1) is 32.0. The van der Waals surface area contributed by atoms with Crippen LogP contribution in [0.2, 0.25) is 20.1 Å². The molecule has 0 radical (unpaired) electrons. The average Bonchev–Trinajstić information content (AvgIpc) is 3.63. The first-order chi connectivity index (χ1) is 20.7. The van der Waals surface area contributed by atoms with Gasteiger partial charge in [0.15, 0.2) is 6.29 Å². The van der Waals surface area contributed by atoms with Crippen LogP contribution in [0.1, 0.15) is 22.5 Å². The third-order valence-corrected chi connectivity index (χ3v) is 7.92. The summed E-state index contributed by atoms with van der Waals surface area (Å²) in [5, 5.41) is 39.5. The number of rotatable bonds is 12. The van der Waals surface area contributed by atoms with Crippen molar-refractivity contribution >= 4 is 46.4 Å². The van der Waals surface area contributed by atoms with Gasteiger partial charge in [0.1, 0.15) is 35.8 Å². The summed E-state index contributed by atoms with van der Waals surface area (Å²) in [6.07, 6.45) is -1.55. The van der Waals surface area contributed by atoms with Gasteiger partial charge in [-0.05, 0) is 35.4 Å². The van der Waals surface area contributed by atoms with Crippen molar-refractivity contribution in [2.24, 2.45) is 0 Å². The molecule has 230 valence electrons. The molecule has 5 rings (SSSR count). The molecule has 2 aromatic carbocycles. The molecule has 0 saturated carbocycles. The number of methoxy groups -OCH3 is 1. The van der Waals surface area contributed by atoms with E-state index in [9.17, 15) is 10.2 Å². The van der Waals surface area contributed by atoms with Gasteiger partial charge >= 0.3 is 0 Å². The lowest BCUT2D eigenvalue weighted by atomic mass is 9.98. The Hall–Kier alpha value is -2.36. The van der Waals surface area contributed by atoms with Gasteiger partial charge in [0.25, 0.3) is 0 Å². The number of hydrogen-bond acceptors (Lipinski definition) is 10. The van der Waals surface area contributed by atoms with E-state index in [1.54, 1.807) is 46.0 Å². The van der Waals surface area contributed by atoms with E-state index in [4.69, 9.17) is 65.4 Å². The van der Waals surface area contributed by atoms with E-state index >= 15 is 0 Å². The second kappa shape index (κ2) is 14.6. The van der Waals surface area contributed by atoms with Gasteiger partial charge in [0, 0.05) is 27.2 Å². The lowest BCUT2D eigenvalue weighted by Gasteiger charge is -2.43. The Morgan fingerprint density at radius 1 is 0.814 bits per heavy atom. The fourth-order valence-electron chi connectivity index (χ4n) is 4.57. The van der Waals surface area contributed by atoms with Gasteiger partial charge in [0.2, 0.25) is 0 Å². The zero-order valence-corrected chi connectivity index (χ0v) is 25.8. The Morgan fingerprint density at radius 3 is 1.79 bits per heavy atom. The molecule has 5 atom stereocenters. The molecule has 2 N–H and O–H groups in total. The molecule has 0 aliphatic carbocycles. The highest BCUT2D eigenvalue weighted by Gasteiger charge is 2.47. The summed E-state index contributed by atoms with van der Waals surface area (Å²) >= 11 is 24.5. The van der Waals surface area contributed by atoms with Crippen molar-refractivity contribution in [2.75, 3.05) is 13.7 Å². The average molecular weight is 674 g/mol. The van der Waals surface area contributed by atoms with E-state index < -0.39 is 37.3 Å². The van der Waals surface area contributed by atoms with Crippen molar-refractivity contribution in [3.8, 4) is 0 Å². The first-order valence-electron chi connectivity index (χ1n) is 13.1. The predicted molar refractivity (Wildman–Crippen MR) is 157 cm³/mol. The molecule has 0 bridgehead atoms. The molecule has 43 heavy (non-hydrogen) atoms.